The molecule has 0 radical (unpaired) electrons. The molecule has 3 heterocycles. The van der Waals surface area contributed by atoms with E-state index in [0.29, 0.717) is 12.5 Å². The fourth-order valence-corrected chi connectivity index (χ4v) is 4.71. The van der Waals surface area contributed by atoms with Gasteiger partial charge in [0.1, 0.15) is 11.6 Å². The molecule has 1 atom stereocenters. The Kier molecular flexibility index (Phi) is 8.31. The van der Waals surface area contributed by atoms with Crippen molar-refractivity contribution in [2.45, 2.75) is 38.8 Å². The van der Waals surface area contributed by atoms with Crippen molar-refractivity contribution in [1.29, 1.82) is 0 Å². The second-order valence-electron chi connectivity index (χ2n) is 9.80. The number of rotatable bonds is 9. The van der Waals surface area contributed by atoms with Crippen molar-refractivity contribution in [1.82, 2.24) is 24.8 Å². The van der Waals surface area contributed by atoms with Gasteiger partial charge in [0.15, 0.2) is 5.82 Å². The molecule has 4 rings (SSSR count). The molecule has 1 aromatic carbocycles. The fraction of sp³-hybridized carbons (Fsp3) is 0.464. The van der Waals surface area contributed by atoms with Crippen molar-refractivity contribution < 1.29 is 4.74 Å². The van der Waals surface area contributed by atoms with Crippen LogP contribution in [0.1, 0.15) is 42.5 Å². The van der Waals surface area contributed by atoms with E-state index in [0.717, 1.165) is 67.7 Å². The van der Waals surface area contributed by atoms with E-state index in [1.807, 2.05) is 39.3 Å². The Morgan fingerprint density at radius 3 is 2.66 bits per heavy atom. The van der Waals surface area contributed by atoms with Crippen LogP contribution in [-0.2, 0) is 13.1 Å². The van der Waals surface area contributed by atoms with E-state index in [1.54, 1.807) is 6.20 Å². The molecule has 7 nitrogen and oxygen atoms in total. The van der Waals surface area contributed by atoms with Gasteiger partial charge in [0.2, 0.25) is 0 Å². The van der Waals surface area contributed by atoms with Crippen LogP contribution < -0.4 is 9.64 Å². The summed E-state index contributed by atoms with van der Waals surface area (Å²) in [6.07, 6.45) is 5.92. The van der Waals surface area contributed by atoms with Gasteiger partial charge in [-0.15, -0.1) is 0 Å². The predicted octanol–water partition coefficient (Wildman–Crippen LogP) is 4.44. The standard InChI is InChI=1S/C28H38N6O/c1-6-35-26-12-11-21(15-24(26)19-32(2)3)18-34-14-8-10-23(20-34)25-16-27(33(4)5)31-28(30-25)22-9-7-13-29-17-22/h7,9,11-13,15-17,23H,6,8,10,14,18-20H2,1-5H3/t23-/m0/s1. The van der Waals surface area contributed by atoms with Gasteiger partial charge in [0.25, 0.3) is 0 Å². The molecule has 0 spiro atoms. The van der Waals surface area contributed by atoms with E-state index in [1.165, 1.54) is 11.1 Å². The summed E-state index contributed by atoms with van der Waals surface area (Å²) in [5, 5.41) is 0. The molecule has 3 aromatic rings. The highest BCUT2D eigenvalue weighted by Crippen LogP contribution is 2.30. The molecule has 0 unspecified atom stereocenters. The summed E-state index contributed by atoms with van der Waals surface area (Å²) < 4.78 is 5.87. The van der Waals surface area contributed by atoms with E-state index in [9.17, 15) is 0 Å². The highest BCUT2D eigenvalue weighted by atomic mass is 16.5. The SMILES string of the molecule is CCOc1ccc(CN2CCC[C@H](c3cc(N(C)C)nc(-c4cccnc4)n3)C2)cc1CN(C)C. The summed E-state index contributed by atoms with van der Waals surface area (Å²) >= 11 is 0. The second kappa shape index (κ2) is 11.6. The summed E-state index contributed by atoms with van der Waals surface area (Å²) in [6.45, 7) is 6.63. The third kappa shape index (κ3) is 6.55. The first-order chi connectivity index (χ1) is 16.9. The van der Waals surface area contributed by atoms with Crippen LogP contribution in [0.25, 0.3) is 11.4 Å². The molecule has 1 aliphatic heterocycles. The van der Waals surface area contributed by atoms with Gasteiger partial charge in [0, 0.05) is 69.2 Å². The first-order valence-corrected chi connectivity index (χ1v) is 12.5. The summed E-state index contributed by atoms with van der Waals surface area (Å²) in [5.41, 5.74) is 4.65. The van der Waals surface area contributed by atoms with Gasteiger partial charge in [0.05, 0.1) is 12.3 Å². The highest BCUT2D eigenvalue weighted by molar-refractivity contribution is 5.56. The van der Waals surface area contributed by atoms with E-state index < -0.39 is 0 Å². The molecule has 0 bridgehead atoms. The Bertz CT molecular complexity index is 1100. The number of piperidine rings is 1. The van der Waals surface area contributed by atoms with Crippen molar-refractivity contribution in [3.63, 3.8) is 0 Å². The number of anilines is 1. The van der Waals surface area contributed by atoms with Crippen LogP contribution in [0.4, 0.5) is 5.82 Å². The molecule has 0 saturated carbocycles. The number of ether oxygens (including phenoxy) is 1. The highest BCUT2D eigenvalue weighted by Gasteiger charge is 2.24. The van der Waals surface area contributed by atoms with E-state index >= 15 is 0 Å². The maximum Gasteiger partial charge on any atom is 0.163 e. The molecular weight excluding hydrogens is 436 g/mol. The lowest BCUT2D eigenvalue weighted by Crippen LogP contribution is -2.34. The Morgan fingerprint density at radius 1 is 1.09 bits per heavy atom. The van der Waals surface area contributed by atoms with Gasteiger partial charge >= 0.3 is 0 Å². The number of aromatic nitrogens is 3. The average Bonchev–Trinajstić information content (AvgIpc) is 2.86. The van der Waals surface area contributed by atoms with Crippen LogP contribution in [-0.4, -0.2) is 72.6 Å². The van der Waals surface area contributed by atoms with Crippen LogP contribution >= 0.6 is 0 Å². The zero-order valence-electron chi connectivity index (χ0n) is 21.7. The Labute approximate surface area is 209 Å². The predicted molar refractivity (Wildman–Crippen MR) is 142 cm³/mol. The topological polar surface area (TPSA) is 57.6 Å². The summed E-state index contributed by atoms with van der Waals surface area (Å²) in [4.78, 5) is 20.9. The molecule has 0 aliphatic carbocycles. The van der Waals surface area contributed by atoms with E-state index in [-0.39, 0.29) is 0 Å². The fourth-order valence-electron chi connectivity index (χ4n) is 4.71. The summed E-state index contributed by atoms with van der Waals surface area (Å²) in [5.74, 6) is 3.05. The molecule has 1 saturated heterocycles. The molecule has 1 fully saturated rings. The lowest BCUT2D eigenvalue weighted by Gasteiger charge is -2.33. The lowest BCUT2D eigenvalue weighted by molar-refractivity contribution is 0.198. The third-order valence-corrected chi connectivity index (χ3v) is 6.35. The molecule has 0 N–H and O–H groups in total. The maximum absolute atomic E-state index is 5.87. The molecule has 7 heteroatoms. The van der Waals surface area contributed by atoms with Crippen molar-refractivity contribution >= 4 is 5.82 Å². The van der Waals surface area contributed by atoms with Gasteiger partial charge < -0.3 is 14.5 Å². The Hall–Kier alpha value is -3.03. The zero-order valence-corrected chi connectivity index (χ0v) is 21.7. The smallest absolute Gasteiger partial charge is 0.163 e. The number of nitrogens with zero attached hydrogens (tertiary/aromatic N) is 6. The number of benzene rings is 1. The minimum atomic E-state index is 0.379. The van der Waals surface area contributed by atoms with Crippen molar-refractivity contribution in [3.8, 4) is 17.1 Å². The van der Waals surface area contributed by atoms with E-state index in [2.05, 4.69) is 58.0 Å². The minimum absolute atomic E-state index is 0.379. The largest absolute Gasteiger partial charge is 0.494 e. The molecule has 35 heavy (non-hydrogen) atoms. The Morgan fingerprint density at radius 2 is 1.94 bits per heavy atom. The first-order valence-electron chi connectivity index (χ1n) is 12.5. The van der Waals surface area contributed by atoms with Gasteiger partial charge in [-0.1, -0.05) is 6.07 Å². The molecule has 0 amide bonds. The molecule has 2 aromatic heterocycles. The third-order valence-electron chi connectivity index (χ3n) is 6.35. The normalized spacial score (nSPS) is 16.5. The number of likely N-dealkylation sites (tertiary alicyclic amines) is 1. The van der Waals surface area contributed by atoms with Gasteiger partial charge in [-0.3, -0.25) is 9.88 Å². The van der Waals surface area contributed by atoms with Crippen molar-refractivity contribution in [2.75, 3.05) is 52.8 Å². The van der Waals surface area contributed by atoms with Crippen molar-refractivity contribution in [2.24, 2.45) is 0 Å². The maximum atomic E-state index is 5.87. The van der Waals surface area contributed by atoms with Gasteiger partial charge in [-0.2, -0.15) is 0 Å². The first kappa shape index (κ1) is 25.1. The van der Waals surface area contributed by atoms with Gasteiger partial charge in [-0.25, -0.2) is 9.97 Å². The van der Waals surface area contributed by atoms with Crippen LogP contribution in [0.5, 0.6) is 5.75 Å². The molecule has 1 aliphatic rings. The lowest BCUT2D eigenvalue weighted by atomic mass is 9.93. The zero-order chi connectivity index (χ0) is 24.8. The Balaban J connectivity index is 1.54. The molecule has 186 valence electrons. The average molecular weight is 475 g/mol. The van der Waals surface area contributed by atoms with E-state index in [4.69, 9.17) is 14.7 Å². The minimum Gasteiger partial charge on any atom is -0.494 e. The van der Waals surface area contributed by atoms with Crippen LogP contribution in [0.2, 0.25) is 0 Å². The van der Waals surface area contributed by atoms with Crippen LogP contribution in [0.15, 0.2) is 48.8 Å². The van der Waals surface area contributed by atoms with Crippen LogP contribution in [0.3, 0.4) is 0 Å². The summed E-state index contributed by atoms with van der Waals surface area (Å²) in [6, 6.07) is 12.8. The van der Waals surface area contributed by atoms with Crippen molar-refractivity contribution in [3.05, 3.63) is 65.6 Å². The summed E-state index contributed by atoms with van der Waals surface area (Å²) in [7, 11) is 8.26. The molecular formula is C28H38N6O. The second-order valence-corrected chi connectivity index (χ2v) is 9.80. The monoisotopic (exact) mass is 474 g/mol. The number of hydrogen-bond donors (Lipinski definition) is 0. The van der Waals surface area contributed by atoms with Gasteiger partial charge in [-0.05, 0) is 70.2 Å². The van der Waals surface area contributed by atoms with Crippen LogP contribution in [0, 0.1) is 0 Å². The number of pyridine rings is 1. The number of hydrogen-bond acceptors (Lipinski definition) is 7. The quantitative estimate of drug-likeness (QED) is 0.454.